The van der Waals surface area contributed by atoms with Crippen LogP contribution in [0.5, 0.6) is 0 Å². The molecule has 0 saturated carbocycles. The minimum Gasteiger partial charge on any atom is -0.434 e. The van der Waals surface area contributed by atoms with E-state index in [4.69, 9.17) is 25.4 Å². The molecule has 1 aromatic heterocycles. The van der Waals surface area contributed by atoms with Gasteiger partial charge in [0, 0.05) is 43.1 Å². The van der Waals surface area contributed by atoms with Crippen molar-refractivity contribution in [2.75, 3.05) is 55.9 Å². The quantitative estimate of drug-likeness (QED) is 0.363. The van der Waals surface area contributed by atoms with Crippen molar-refractivity contribution in [2.45, 2.75) is 33.6 Å². The fraction of sp³-hybridized carbons (Fsp3) is 0.464. The highest BCUT2D eigenvalue weighted by molar-refractivity contribution is 7.13. The molecule has 0 N–H and O–H groups in total. The number of carbonyl (C=O) groups is 2. The van der Waals surface area contributed by atoms with Crippen molar-refractivity contribution < 1.29 is 19.1 Å². The maximum atomic E-state index is 12.6. The molecule has 2 aliphatic heterocycles. The van der Waals surface area contributed by atoms with E-state index < -0.39 is 6.16 Å². The Labute approximate surface area is 232 Å². The highest BCUT2D eigenvalue weighted by atomic mass is 35.5. The average molecular weight is 557 g/mol. The Kier molecular flexibility index (Phi) is 7.79. The predicted molar refractivity (Wildman–Crippen MR) is 151 cm³/mol. The first kappa shape index (κ1) is 26.7. The Morgan fingerprint density at radius 3 is 2.63 bits per heavy atom. The van der Waals surface area contributed by atoms with Crippen molar-refractivity contribution in [2.24, 2.45) is 5.41 Å². The van der Waals surface area contributed by atoms with Gasteiger partial charge in [0.25, 0.3) is 0 Å². The van der Waals surface area contributed by atoms with Crippen LogP contribution in [-0.4, -0.2) is 67.4 Å². The number of halogens is 1. The number of anilines is 2. The van der Waals surface area contributed by atoms with Gasteiger partial charge in [-0.3, -0.25) is 14.6 Å². The van der Waals surface area contributed by atoms with Gasteiger partial charge in [-0.25, -0.2) is 4.79 Å². The van der Waals surface area contributed by atoms with Crippen LogP contribution >= 0.6 is 23.1 Å². The molecule has 8 nitrogen and oxygen atoms in total. The summed E-state index contributed by atoms with van der Waals surface area (Å²) in [7, 11) is 0. The van der Waals surface area contributed by atoms with Crippen molar-refractivity contribution in [3.8, 4) is 0 Å². The first-order valence-electron chi connectivity index (χ1n) is 12.9. The molecule has 2 aromatic carbocycles. The van der Waals surface area contributed by atoms with Gasteiger partial charge in [0.2, 0.25) is 5.91 Å². The fourth-order valence-electron chi connectivity index (χ4n) is 4.77. The van der Waals surface area contributed by atoms with Crippen LogP contribution in [0, 0.1) is 5.41 Å². The second-order valence-electron chi connectivity index (χ2n) is 11.0. The maximum absolute atomic E-state index is 12.6. The molecule has 5 rings (SSSR count). The molecular formula is C28H33ClN4O4S. The summed E-state index contributed by atoms with van der Waals surface area (Å²) in [6, 6.07) is 12.2. The molecule has 0 unspecified atom stereocenters. The third-order valence-corrected chi connectivity index (χ3v) is 8.01. The van der Waals surface area contributed by atoms with Crippen molar-refractivity contribution in [3.05, 3.63) is 52.5 Å². The predicted octanol–water partition coefficient (Wildman–Crippen LogP) is 5.36. The molecular weight excluding hydrogens is 524 g/mol. The lowest BCUT2D eigenvalue weighted by Crippen LogP contribution is -2.47. The van der Waals surface area contributed by atoms with E-state index in [1.54, 1.807) is 11.5 Å². The molecule has 1 saturated heterocycles. The summed E-state index contributed by atoms with van der Waals surface area (Å²) in [5.74, 6) is 0.968. The summed E-state index contributed by atoms with van der Waals surface area (Å²) in [5.41, 5.74) is 2.46. The van der Waals surface area contributed by atoms with Crippen LogP contribution in [0.25, 0.3) is 10.1 Å². The number of rotatable bonds is 7. The molecule has 0 radical (unpaired) electrons. The first-order chi connectivity index (χ1) is 18.2. The zero-order valence-electron chi connectivity index (χ0n) is 22.0. The molecule has 3 heterocycles. The van der Waals surface area contributed by atoms with Crippen LogP contribution in [0.2, 0.25) is 5.02 Å². The third-order valence-electron chi connectivity index (χ3n) is 6.84. The molecule has 1 fully saturated rings. The van der Waals surface area contributed by atoms with Gasteiger partial charge in [-0.05, 0) is 52.7 Å². The van der Waals surface area contributed by atoms with Crippen LogP contribution in [-0.2, 0) is 27.1 Å². The van der Waals surface area contributed by atoms with E-state index in [0.717, 1.165) is 56.1 Å². The van der Waals surface area contributed by atoms with Crippen LogP contribution in [0.3, 0.4) is 0 Å². The number of hydrogen-bond acceptors (Lipinski definition) is 8. The normalized spacial score (nSPS) is 16.3. The second kappa shape index (κ2) is 11.1. The number of hydrogen-bond donors (Lipinski definition) is 0. The smallest absolute Gasteiger partial charge is 0.434 e. The summed E-state index contributed by atoms with van der Waals surface area (Å²) in [4.78, 5) is 30.9. The van der Waals surface area contributed by atoms with Gasteiger partial charge in [0.15, 0.2) is 6.73 Å². The van der Waals surface area contributed by atoms with E-state index in [9.17, 15) is 9.59 Å². The monoisotopic (exact) mass is 556 g/mol. The summed E-state index contributed by atoms with van der Waals surface area (Å²) < 4.78 is 16.2. The lowest BCUT2D eigenvalue weighted by atomic mass is 9.99. The number of benzene rings is 2. The summed E-state index contributed by atoms with van der Waals surface area (Å²) in [6.45, 7) is 10.6. The number of aromatic nitrogens is 1. The van der Waals surface area contributed by atoms with E-state index in [2.05, 4.69) is 34.1 Å². The van der Waals surface area contributed by atoms with Gasteiger partial charge in [0.05, 0.1) is 23.4 Å². The molecule has 0 spiro atoms. The number of nitrogens with zero attached hydrogens (tertiary/aromatic N) is 4. The van der Waals surface area contributed by atoms with Crippen molar-refractivity contribution >= 4 is 56.8 Å². The van der Waals surface area contributed by atoms with E-state index in [-0.39, 0.29) is 31.1 Å². The zero-order valence-corrected chi connectivity index (χ0v) is 23.6. The molecule has 0 atom stereocenters. The van der Waals surface area contributed by atoms with Crippen LogP contribution in [0.1, 0.15) is 31.9 Å². The Bertz CT molecular complexity index is 1330. The number of carbonyl (C=O) groups excluding carboxylic acids is 2. The molecule has 202 valence electrons. The zero-order chi connectivity index (χ0) is 26.9. The van der Waals surface area contributed by atoms with Crippen LogP contribution in [0.4, 0.5) is 16.3 Å². The van der Waals surface area contributed by atoms with Gasteiger partial charge in [-0.2, -0.15) is 4.37 Å². The molecule has 3 aromatic rings. The van der Waals surface area contributed by atoms with E-state index >= 15 is 0 Å². The van der Waals surface area contributed by atoms with Crippen molar-refractivity contribution in [3.63, 3.8) is 0 Å². The second-order valence-corrected chi connectivity index (χ2v) is 12.2. The highest BCUT2D eigenvalue weighted by Gasteiger charge is 2.30. The Morgan fingerprint density at radius 2 is 1.87 bits per heavy atom. The molecule has 0 bridgehead atoms. The van der Waals surface area contributed by atoms with E-state index in [1.807, 2.05) is 32.9 Å². The van der Waals surface area contributed by atoms with Crippen LogP contribution < -0.4 is 9.80 Å². The molecule has 0 aliphatic carbocycles. The lowest BCUT2D eigenvalue weighted by Gasteiger charge is -2.35. The number of ether oxygens (including phenoxy) is 2. The van der Waals surface area contributed by atoms with Gasteiger partial charge in [-0.15, -0.1) is 0 Å². The Balaban J connectivity index is 1.14. The van der Waals surface area contributed by atoms with Crippen molar-refractivity contribution in [1.82, 2.24) is 9.27 Å². The van der Waals surface area contributed by atoms with Crippen LogP contribution in [0.15, 0.2) is 36.4 Å². The van der Waals surface area contributed by atoms with Gasteiger partial charge in [-0.1, -0.05) is 50.6 Å². The van der Waals surface area contributed by atoms with Crippen molar-refractivity contribution in [1.29, 1.82) is 0 Å². The summed E-state index contributed by atoms with van der Waals surface area (Å²) in [5, 5.41) is 1.85. The minimum absolute atomic E-state index is 0.123. The van der Waals surface area contributed by atoms with Gasteiger partial charge in [0.1, 0.15) is 5.82 Å². The molecule has 2 aliphatic rings. The number of fused-ring (bicyclic) bond motifs is 2. The van der Waals surface area contributed by atoms with Gasteiger partial charge < -0.3 is 14.4 Å². The summed E-state index contributed by atoms with van der Waals surface area (Å²) >= 11 is 8.20. The SMILES string of the molecule is CC(C)(C)COC(=O)OCN1C(=O)Cc2cc(CCN3CCN(c4nsc5ccccc45)CC3)c(Cl)cc21. The fourth-order valence-corrected chi connectivity index (χ4v) is 5.82. The molecule has 10 heteroatoms. The molecule has 38 heavy (non-hydrogen) atoms. The minimum atomic E-state index is -0.785. The maximum Gasteiger partial charge on any atom is 0.510 e. The highest BCUT2D eigenvalue weighted by Crippen LogP contribution is 2.34. The Morgan fingerprint density at radius 1 is 1.11 bits per heavy atom. The van der Waals surface area contributed by atoms with E-state index in [1.165, 1.54) is 15.0 Å². The number of amides is 1. The Hall–Kier alpha value is -2.88. The standard InChI is InChI=1S/C28H33ClN4O4S/c1-28(2,3)17-36-27(35)37-18-33-23-16-22(29)19(14-20(23)15-25(33)34)8-9-31-10-12-32(13-11-31)26-21-6-4-5-7-24(21)38-30-26/h4-7,14,16H,8-13,15,17-18H2,1-3H3. The lowest BCUT2D eigenvalue weighted by molar-refractivity contribution is -0.118. The van der Waals surface area contributed by atoms with E-state index in [0.29, 0.717) is 10.7 Å². The first-order valence-corrected chi connectivity index (χ1v) is 14.1. The van der Waals surface area contributed by atoms with Gasteiger partial charge >= 0.3 is 6.16 Å². The largest absolute Gasteiger partial charge is 0.510 e. The molecule has 1 amide bonds. The third kappa shape index (κ3) is 6.06. The summed E-state index contributed by atoms with van der Waals surface area (Å²) in [6.07, 6.45) is 0.280. The topological polar surface area (TPSA) is 75.2 Å². The number of piperazine rings is 1. The average Bonchev–Trinajstić information content (AvgIpc) is 3.45.